The summed E-state index contributed by atoms with van der Waals surface area (Å²) >= 11 is 0. The van der Waals surface area contributed by atoms with Crippen molar-refractivity contribution in [2.45, 2.75) is 13.2 Å². The number of rotatable bonds is 6. The average molecular weight is 242 g/mol. The van der Waals surface area contributed by atoms with Crippen LogP contribution in [0.15, 0.2) is 54.6 Å². The first-order chi connectivity index (χ1) is 8.88. The lowest BCUT2D eigenvalue weighted by Gasteiger charge is -2.07. The number of hydrogen-bond acceptors (Lipinski definition) is 3. The maximum absolute atomic E-state index is 10.1. The SMILES string of the molecule is O=COCc1cccc(OCc2ccccc2)c1. The highest BCUT2D eigenvalue weighted by Crippen LogP contribution is 2.15. The fraction of sp³-hybridized carbons (Fsp3) is 0.133. The van der Waals surface area contributed by atoms with Crippen LogP contribution < -0.4 is 4.74 Å². The van der Waals surface area contributed by atoms with Crippen LogP contribution in [0.4, 0.5) is 0 Å². The van der Waals surface area contributed by atoms with Crippen LogP contribution in [0.3, 0.4) is 0 Å². The summed E-state index contributed by atoms with van der Waals surface area (Å²) in [5.74, 6) is 0.769. The molecule has 0 bridgehead atoms. The van der Waals surface area contributed by atoms with Crippen molar-refractivity contribution in [1.82, 2.24) is 0 Å². The molecule has 0 aliphatic rings. The molecule has 18 heavy (non-hydrogen) atoms. The number of benzene rings is 2. The number of ether oxygens (including phenoxy) is 2. The van der Waals surface area contributed by atoms with Gasteiger partial charge in [-0.25, -0.2) is 0 Å². The minimum atomic E-state index is 0.270. The van der Waals surface area contributed by atoms with E-state index in [4.69, 9.17) is 9.47 Å². The normalized spacial score (nSPS) is 9.78. The summed E-state index contributed by atoms with van der Waals surface area (Å²) in [6.45, 7) is 1.24. The highest BCUT2D eigenvalue weighted by molar-refractivity contribution is 5.38. The average Bonchev–Trinajstić information content (AvgIpc) is 2.44. The summed E-state index contributed by atoms with van der Waals surface area (Å²) in [4.78, 5) is 10.1. The van der Waals surface area contributed by atoms with Gasteiger partial charge in [0, 0.05) is 0 Å². The van der Waals surface area contributed by atoms with Gasteiger partial charge in [-0.3, -0.25) is 4.79 Å². The first kappa shape index (κ1) is 12.2. The van der Waals surface area contributed by atoms with Crippen molar-refractivity contribution >= 4 is 6.47 Å². The molecule has 0 fully saturated rings. The van der Waals surface area contributed by atoms with Crippen LogP contribution in [0.25, 0.3) is 0 Å². The molecule has 2 rings (SSSR count). The molecule has 0 radical (unpaired) electrons. The predicted octanol–water partition coefficient (Wildman–Crippen LogP) is 2.94. The van der Waals surface area contributed by atoms with E-state index in [9.17, 15) is 4.79 Å². The van der Waals surface area contributed by atoms with Crippen molar-refractivity contribution in [3.63, 3.8) is 0 Å². The van der Waals surface area contributed by atoms with Gasteiger partial charge in [-0.05, 0) is 23.3 Å². The molecule has 0 saturated heterocycles. The van der Waals surface area contributed by atoms with Crippen LogP contribution in [0, 0.1) is 0 Å². The summed E-state index contributed by atoms with van der Waals surface area (Å²) in [5.41, 5.74) is 2.03. The molecular formula is C15H14O3. The topological polar surface area (TPSA) is 35.5 Å². The standard InChI is InChI=1S/C15H14O3/c16-12-17-10-14-7-4-8-15(9-14)18-11-13-5-2-1-3-6-13/h1-9,12H,10-11H2. The fourth-order valence-electron chi connectivity index (χ4n) is 1.60. The van der Waals surface area contributed by atoms with Crippen molar-refractivity contribution < 1.29 is 14.3 Å². The molecule has 0 aliphatic carbocycles. The van der Waals surface area contributed by atoms with Gasteiger partial charge in [-0.15, -0.1) is 0 Å². The zero-order chi connectivity index (χ0) is 12.6. The van der Waals surface area contributed by atoms with E-state index in [1.165, 1.54) is 0 Å². The predicted molar refractivity (Wildman–Crippen MR) is 68.1 cm³/mol. The van der Waals surface area contributed by atoms with Crippen molar-refractivity contribution in [2.24, 2.45) is 0 Å². The van der Waals surface area contributed by atoms with Crippen molar-refractivity contribution in [3.05, 3.63) is 65.7 Å². The lowest BCUT2D eigenvalue weighted by Crippen LogP contribution is -1.96. The van der Waals surface area contributed by atoms with E-state index in [0.29, 0.717) is 13.1 Å². The molecule has 92 valence electrons. The van der Waals surface area contributed by atoms with Crippen LogP contribution in [0.2, 0.25) is 0 Å². The number of hydrogen-bond donors (Lipinski definition) is 0. The maximum Gasteiger partial charge on any atom is 0.293 e. The Morgan fingerprint density at radius 1 is 0.889 bits per heavy atom. The van der Waals surface area contributed by atoms with E-state index < -0.39 is 0 Å². The zero-order valence-corrected chi connectivity index (χ0v) is 9.91. The van der Waals surface area contributed by atoms with Gasteiger partial charge in [-0.1, -0.05) is 42.5 Å². The summed E-state index contributed by atoms with van der Waals surface area (Å²) in [5, 5.41) is 0. The van der Waals surface area contributed by atoms with E-state index >= 15 is 0 Å². The van der Waals surface area contributed by atoms with E-state index in [1.54, 1.807) is 0 Å². The van der Waals surface area contributed by atoms with Crippen molar-refractivity contribution in [2.75, 3.05) is 0 Å². The fourth-order valence-corrected chi connectivity index (χ4v) is 1.60. The molecule has 3 heteroatoms. The Balaban J connectivity index is 1.95. The monoisotopic (exact) mass is 242 g/mol. The Morgan fingerprint density at radius 2 is 1.67 bits per heavy atom. The molecule has 3 nitrogen and oxygen atoms in total. The Labute approximate surface area is 106 Å². The first-order valence-electron chi connectivity index (χ1n) is 5.69. The highest BCUT2D eigenvalue weighted by atomic mass is 16.5. The Morgan fingerprint density at radius 3 is 2.44 bits per heavy atom. The Hall–Kier alpha value is -2.29. The molecule has 2 aromatic rings. The molecule has 0 aliphatic heterocycles. The lowest BCUT2D eigenvalue weighted by atomic mass is 10.2. The second kappa shape index (κ2) is 6.45. The summed E-state index contributed by atoms with van der Waals surface area (Å²) in [7, 11) is 0. The highest BCUT2D eigenvalue weighted by Gasteiger charge is 1.98. The molecule has 0 heterocycles. The molecule has 0 N–H and O–H groups in total. The molecule has 0 unspecified atom stereocenters. The molecule has 2 aromatic carbocycles. The van der Waals surface area contributed by atoms with E-state index in [1.807, 2.05) is 54.6 Å². The van der Waals surface area contributed by atoms with Crippen LogP contribution >= 0.6 is 0 Å². The molecular weight excluding hydrogens is 228 g/mol. The number of carbonyl (C=O) groups excluding carboxylic acids is 1. The zero-order valence-electron chi connectivity index (χ0n) is 9.91. The van der Waals surface area contributed by atoms with Crippen LogP contribution in [0.1, 0.15) is 11.1 Å². The second-order valence-corrected chi connectivity index (χ2v) is 3.83. The minimum Gasteiger partial charge on any atom is -0.489 e. The largest absolute Gasteiger partial charge is 0.489 e. The lowest BCUT2D eigenvalue weighted by molar-refractivity contribution is -0.129. The quantitative estimate of drug-likeness (QED) is 0.730. The van der Waals surface area contributed by atoms with Crippen LogP contribution in [-0.2, 0) is 22.7 Å². The third-order valence-electron chi connectivity index (χ3n) is 2.46. The third-order valence-corrected chi connectivity index (χ3v) is 2.46. The van der Waals surface area contributed by atoms with Gasteiger partial charge in [-0.2, -0.15) is 0 Å². The van der Waals surface area contributed by atoms with Gasteiger partial charge in [0.25, 0.3) is 6.47 Å². The van der Waals surface area contributed by atoms with E-state index in [2.05, 4.69) is 0 Å². The maximum atomic E-state index is 10.1. The van der Waals surface area contributed by atoms with E-state index in [0.717, 1.165) is 16.9 Å². The molecule has 0 aromatic heterocycles. The summed E-state index contributed by atoms with van der Waals surface area (Å²) in [6, 6.07) is 17.5. The molecule has 0 spiro atoms. The minimum absolute atomic E-state index is 0.270. The Kier molecular flexibility index (Phi) is 4.36. The van der Waals surface area contributed by atoms with Gasteiger partial charge in [0.2, 0.25) is 0 Å². The molecule has 0 saturated carbocycles. The summed E-state index contributed by atoms with van der Waals surface area (Å²) < 4.78 is 10.4. The van der Waals surface area contributed by atoms with Gasteiger partial charge >= 0.3 is 0 Å². The second-order valence-electron chi connectivity index (χ2n) is 3.83. The first-order valence-corrected chi connectivity index (χ1v) is 5.69. The number of carbonyl (C=O) groups is 1. The van der Waals surface area contributed by atoms with Gasteiger partial charge in [0.15, 0.2) is 0 Å². The summed E-state index contributed by atoms with van der Waals surface area (Å²) in [6.07, 6.45) is 0. The smallest absolute Gasteiger partial charge is 0.293 e. The van der Waals surface area contributed by atoms with Crippen molar-refractivity contribution in [1.29, 1.82) is 0 Å². The van der Waals surface area contributed by atoms with Crippen LogP contribution in [0.5, 0.6) is 5.75 Å². The van der Waals surface area contributed by atoms with E-state index in [-0.39, 0.29) is 6.61 Å². The Bertz CT molecular complexity index is 494. The molecule has 0 amide bonds. The van der Waals surface area contributed by atoms with Crippen LogP contribution in [-0.4, -0.2) is 6.47 Å². The van der Waals surface area contributed by atoms with Crippen molar-refractivity contribution in [3.8, 4) is 5.75 Å². The third kappa shape index (κ3) is 3.63. The van der Waals surface area contributed by atoms with Gasteiger partial charge in [0.05, 0.1) is 0 Å². The van der Waals surface area contributed by atoms with Gasteiger partial charge in [0.1, 0.15) is 19.0 Å². The molecule has 0 atom stereocenters. The van der Waals surface area contributed by atoms with Gasteiger partial charge < -0.3 is 9.47 Å².